The van der Waals surface area contributed by atoms with Crippen LogP contribution in [0.15, 0.2) is 48.5 Å². The van der Waals surface area contributed by atoms with Crippen molar-refractivity contribution in [3.05, 3.63) is 71.4 Å². The fraction of sp³-hybridized carbons (Fsp3) is 0.143. The number of hydrogen-bond acceptors (Lipinski definition) is 6. The van der Waals surface area contributed by atoms with Crippen molar-refractivity contribution in [2.24, 2.45) is 0 Å². The summed E-state index contributed by atoms with van der Waals surface area (Å²) in [5.74, 6) is -2.33. The zero-order valence-electron chi connectivity index (χ0n) is 16.4. The molecule has 1 aliphatic heterocycles. The van der Waals surface area contributed by atoms with Crippen molar-refractivity contribution in [2.75, 3.05) is 12.4 Å². The summed E-state index contributed by atoms with van der Waals surface area (Å²) in [6, 6.07) is 10.0. The second-order valence-corrected chi connectivity index (χ2v) is 6.63. The average molecular weight is 449 g/mol. The van der Waals surface area contributed by atoms with Gasteiger partial charge in [-0.05, 0) is 30.3 Å². The molecule has 0 fully saturated rings. The average Bonchev–Trinajstić information content (AvgIpc) is 3.05. The Morgan fingerprint density at radius 1 is 1.09 bits per heavy atom. The predicted molar refractivity (Wildman–Crippen MR) is 104 cm³/mol. The number of nitrogens with zero attached hydrogens (tertiary/aromatic N) is 1. The predicted octanol–water partition coefficient (Wildman–Crippen LogP) is 4.36. The van der Waals surface area contributed by atoms with Crippen molar-refractivity contribution in [1.29, 1.82) is 0 Å². The van der Waals surface area contributed by atoms with Gasteiger partial charge in [0.1, 0.15) is 23.2 Å². The third-order valence-electron chi connectivity index (χ3n) is 4.38. The number of aromatic nitrogens is 1. The lowest BCUT2D eigenvalue weighted by atomic mass is 10.2. The molecule has 2 heterocycles. The lowest BCUT2D eigenvalue weighted by molar-refractivity contribution is -0.286. The fourth-order valence-electron chi connectivity index (χ4n) is 3.04. The summed E-state index contributed by atoms with van der Waals surface area (Å²) in [7, 11) is 1.33. The van der Waals surface area contributed by atoms with Crippen LogP contribution in [0.5, 0.6) is 17.2 Å². The molecule has 4 rings (SSSR count). The summed E-state index contributed by atoms with van der Waals surface area (Å²) in [5.41, 5.74) is 0.213. The largest absolute Gasteiger partial charge is 0.586 e. The van der Waals surface area contributed by atoms with Gasteiger partial charge in [-0.15, -0.1) is 8.78 Å². The van der Waals surface area contributed by atoms with Crippen molar-refractivity contribution in [3.63, 3.8) is 0 Å². The molecule has 2 N–H and O–H groups in total. The highest BCUT2D eigenvalue weighted by atomic mass is 19.3. The maximum absolute atomic E-state index is 13.4. The van der Waals surface area contributed by atoms with Gasteiger partial charge in [-0.3, -0.25) is 4.79 Å². The molecule has 0 unspecified atom stereocenters. The summed E-state index contributed by atoms with van der Waals surface area (Å²) >= 11 is 0. The second-order valence-electron chi connectivity index (χ2n) is 6.63. The number of amides is 1. The summed E-state index contributed by atoms with van der Waals surface area (Å²) in [4.78, 5) is 16.9. The van der Waals surface area contributed by atoms with Gasteiger partial charge in [0.2, 0.25) is 0 Å². The first-order valence-electron chi connectivity index (χ1n) is 9.18. The third-order valence-corrected chi connectivity index (χ3v) is 4.38. The highest BCUT2D eigenvalue weighted by Gasteiger charge is 2.44. The van der Waals surface area contributed by atoms with Gasteiger partial charge in [-0.2, -0.15) is 0 Å². The van der Waals surface area contributed by atoms with E-state index in [9.17, 15) is 22.4 Å². The molecule has 3 aromatic rings. The number of pyridine rings is 1. The van der Waals surface area contributed by atoms with Crippen LogP contribution in [0.25, 0.3) is 0 Å². The van der Waals surface area contributed by atoms with Crippen molar-refractivity contribution < 1.29 is 36.6 Å². The van der Waals surface area contributed by atoms with Crippen molar-refractivity contribution in [2.45, 2.75) is 12.8 Å². The number of carbonyl (C=O) groups excluding carboxylic acids is 1. The van der Waals surface area contributed by atoms with Gasteiger partial charge in [0.15, 0.2) is 17.2 Å². The van der Waals surface area contributed by atoms with E-state index < -0.39 is 23.8 Å². The zero-order chi connectivity index (χ0) is 22.9. The number of fused-ring (bicyclic) bond motifs is 1. The number of ether oxygens (including phenoxy) is 3. The van der Waals surface area contributed by atoms with Crippen molar-refractivity contribution in [1.82, 2.24) is 10.3 Å². The summed E-state index contributed by atoms with van der Waals surface area (Å²) in [6.45, 7) is -0.168. The van der Waals surface area contributed by atoms with E-state index in [1.54, 1.807) is 0 Å². The van der Waals surface area contributed by atoms with Crippen LogP contribution in [-0.2, 0) is 6.54 Å². The molecule has 0 bridgehead atoms. The molecule has 1 aromatic heterocycles. The molecule has 11 heteroatoms. The normalized spacial score (nSPS) is 13.5. The summed E-state index contributed by atoms with van der Waals surface area (Å²) in [6.07, 6.45) is -3.79. The minimum Gasteiger partial charge on any atom is -0.494 e. The van der Waals surface area contributed by atoms with Crippen LogP contribution >= 0.6 is 0 Å². The first-order valence-corrected chi connectivity index (χ1v) is 9.18. The number of hydrogen-bond donors (Lipinski definition) is 2. The molecule has 0 aliphatic carbocycles. The summed E-state index contributed by atoms with van der Waals surface area (Å²) in [5, 5.41) is 5.25. The molecule has 32 heavy (non-hydrogen) atoms. The molecule has 0 saturated heterocycles. The molecule has 166 valence electrons. The summed E-state index contributed by atoms with van der Waals surface area (Å²) < 4.78 is 67.5. The van der Waals surface area contributed by atoms with Crippen LogP contribution in [0.2, 0.25) is 0 Å². The van der Waals surface area contributed by atoms with E-state index in [2.05, 4.69) is 25.1 Å². The topological polar surface area (TPSA) is 81.7 Å². The minimum absolute atomic E-state index is 0.0875. The molecular weight excluding hydrogens is 434 g/mol. The monoisotopic (exact) mass is 449 g/mol. The minimum atomic E-state index is -3.79. The SMILES string of the molecule is COc1ccc(Nc2cc(F)cc(F)c2)nc1C(=O)NCc1cccc2c1OC(F)(F)O2. The zero-order valence-corrected chi connectivity index (χ0v) is 16.4. The standard InChI is InChI=1S/C21H15F4N3O4/c1-30-15-5-6-17(27-14-8-12(22)7-13(23)9-14)28-18(15)20(29)26-10-11-3-2-4-16-19(11)32-21(24,25)31-16/h2-9H,10H2,1H3,(H,26,29)(H,27,28). The third kappa shape index (κ3) is 4.51. The molecule has 1 aliphatic rings. The number of methoxy groups -OCH3 is 1. The van der Waals surface area contributed by atoms with E-state index in [0.717, 1.165) is 18.2 Å². The first-order chi connectivity index (χ1) is 15.2. The van der Waals surface area contributed by atoms with Crippen LogP contribution in [-0.4, -0.2) is 24.3 Å². The Morgan fingerprint density at radius 2 is 1.84 bits per heavy atom. The van der Waals surface area contributed by atoms with Gasteiger partial charge < -0.3 is 24.8 Å². The number of benzene rings is 2. The van der Waals surface area contributed by atoms with Crippen LogP contribution in [0.4, 0.5) is 29.1 Å². The maximum Gasteiger partial charge on any atom is 0.586 e. The van der Waals surface area contributed by atoms with E-state index in [0.29, 0.717) is 0 Å². The molecule has 0 spiro atoms. The highest BCUT2D eigenvalue weighted by Crippen LogP contribution is 2.43. The number of alkyl halides is 2. The molecule has 0 atom stereocenters. The maximum atomic E-state index is 13.4. The Bertz CT molecular complexity index is 1170. The molecule has 0 saturated carbocycles. The second kappa shape index (κ2) is 8.25. The Hall–Kier alpha value is -4.02. The van der Waals surface area contributed by atoms with E-state index in [1.807, 2.05) is 0 Å². The molecule has 0 radical (unpaired) electrons. The van der Waals surface area contributed by atoms with Gasteiger partial charge in [-0.25, -0.2) is 13.8 Å². The number of para-hydroxylation sites is 1. The molecule has 1 amide bonds. The van der Waals surface area contributed by atoms with Crippen LogP contribution in [0.3, 0.4) is 0 Å². The van der Waals surface area contributed by atoms with Crippen LogP contribution in [0, 0.1) is 11.6 Å². The van der Waals surface area contributed by atoms with E-state index in [-0.39, 0.29) is 46.6 Å². The number of nitrogens with one attached hydrogen (secondary N) is 2. The Labute approximate surface area is 178 Å². The van der Waals surface area contributed by atoms with Gasteiger partial charge in [0, 0.05) is 23.9 Å². The highest BCUT2D eigenvalue weighted by molar-refractivity contribution is 5.95. The van der Waals surface area contributed by atoms with Gasteiger partial charge in [0.05, 0.1) is 7.11 Å². The van der Waals surface area contributed by atoms with Crippen LogP contribution < -0.4 is 24.8 Å². The number of carbonyl (C=O) groups is 1. The van der Waals surface area contributed by atoms with E-state index in [1.165, 1.54) is 37.4 Å². The van der Waals surface area contributed by atoms with Crippen molar-refractivity contribution >= 4 is 17.4 Å². The Kier molecular flexibility index (Phi) is 5.47. The fourth-order valence-corrected chi connectivity index (χ4v) is 3.04. The first kappa shape index (κ1) is 21.2. The van der Waals surface area contributed by atoms with E-state index >= 15 is 0 Å². The number of anilines is 2. The Morgan fingerprint density at radius 3 is 2.56 bits per heavy atom. The number of rotatable bonds is 6. The lowest BCUT2D eigenvalue weighted by Gasteiger charge is -2.12. The molecular formula is C21H15F4N3O4. The quantitative estimate of drug-likeness (QED) is 0.545. The van der Waals surface area contributed by atoms with Gasteiger partial charge in [-0.1, -0.05) is 12.1 Å². The molecule has 2 aromatic carbocycles. The van der Waals surface area contributed by atoms with Gasteiger partial charge in [0.25, 0.3) is 5.91 Å². The molecule has 7 nitrogen and oxygen atoms in total. The Balaban J connectivity index is 1.52. The smallest absolute Gasteiger partial charge is 0.494 e. The lowest BCUT2D eigenvalue weighted by Crippen LogP contribution is -2.27. The number of halogens is 4. The van der Waals surface area contributed by atoms with Gasteiger partial charge >= 0.3 is 6.29 Å². The van der Waals surface area contributed by atoms with E-state index in [4.69, 9.17) is 4.74 Å². The van der Waals surface area contributed by atoms with Crippen LogP contribution in [0.1, 0.15) is 16.1 Å². The van der Waals surface area contributed by atoms with Crippen molar-refractivity contribution in [3.8, 4) is 17.2 Å².